The summed E-state index contributed by atoms with van der Waals surface area (Å²) in [6.45, 7) is 1.80. The van der Waals surface area contributed by atoms with Gasteiger partial charge in [-0.15, -0.1) is 0 Å². The van der Waals surface area contributed by atoms with Gasteiger partial charge in [0.25, 0.3) is 0 Å². The van der Waals surface area contributed by atoms with Crippen LogP contribution < -0.4 is 4.74 Å². The van der Waals surface area contributed by atoms with E-state index in [4.69, 9.17) is 9.84 Å². The van der Waals surface area contributed by atoms with E-state index >= 15 is 0 Å². The number of hydrogen-bond donors (Lipinski definition) is 1. The van der Waals surface area contributed by atoms with Crippen LogP contribution in [-0.2, 0) is 11.8 Å². The third-order valence-electron chi connectivity index (χ3n) is 2.96. The van der Waals surface area contributed by atoms with Crippen molar-refractivity contribution in [2.75, 3.05) is 7.11 Å². The molecule has 0 aliphatic heterocycles. The van der Waals surface area contributed by atoms with E-state index in [9.17, 15) is 4.79 Å². The molecule has 0 atom stereocenters. The molecule has 1 heterocycles. The molecule has 94 valence electrons. The highest BCUT2D eigenvalue weighted by atomic mass is 16.5. The number of aromatic nitrogens is 1. The molecule has 1 aromatic carbocycles. The van der Waals surface area contributed by atoms with Crippen LogP contribution in [-0.4, -0.2) is 22.8 Å². The van der Waals surface area contributed by atoms with Gasteiger partial charge >= 0.3 is 5.97 Å². The Morgan fingerprint density at radius 1 is 1.44 bits per heavy atom. The van der Waals surface area contributed by atoms with Crippen LogP contribution in [0.15, 0.2) is 30.5 Å². The molecule has 0 spiro atoms. The van der Waals surface area contributed by atoms with Gasteiger partial charge in [-0.1, -0.05) is 0 Å². The lowest BCUT2D eigenvalue weighted by Gasteiger charge is -2.02. The number of carboxylic acids is 1. The molecule has 18 heavy (non-hydrogen) atoms. The summed E-state index contributed by atoms with van der Waals surface area (Å²) in [7, 11) is 3.56. The molecule has 4 heteroatoms. The number of fused-ring (bicyclic) bond motifs is 1. The Morgan fingerprint density at radius 2 is 2.17 bits per heavy atom. The van der Waals surface area contributed by atoms with Crippen LogP contribution in [0, 0.1) is 0 Å². The predicted molar refractivity (Wildman–Crippen MR) is 70.8 cm³/mol. The minimum absolute atomic E-state index is 0.735. The zero-order valence-corrected chi connectivity index (χ0v) is 10.6. The van der Waals surface area contributed by atoms with Crippen LogP contribution in [0.5, 0.6) is 5.75 Å². The highest BCUT2D eigenvalue weighted by Crippen LogP contribution is 2.29. The van der Waals surface area contributed by atoms with Gasteiger partial charge in [-0.3, -0.25) is 0 Å². The zero-order valence-electron chi connectivity index (χ0n) is 10.6. The topological polar surface area (TPSA) is 51.5 Å². The van der Waals surface area contributed by atoms with Crippen molar-refractivity contribution in [1.29, 1.82) is 0 Å². The largest absolute Gasteiger partial charge is 0.497 e. The Balaban J connectivity index is 2.64. The van der Waals surface area contributed by atoms with E-state index in [1.54, 1.807) is 14.0 Å². The third-order valence-corrected chi connectivity index (χ3v) is 2.96. The molecule has 2 rings (SSSR count). The van der Waals surface area contributed by atoms with Gasteiger partial charge in [0.05, 0.1) is 12.6 Å². The van der Waals surface area contributed by atoms with Gasteiger partial charge in [0.15, 0.2) is 0 Å². The van der Waals surface area contributed by atoms with Crippen LogP contribution in [0.25, 0.3) is 16.5 Å². The number of nitrogens with zero attached hydrogens (tertiary/aromatic N) is 1. The number of aliphatic carboxylic acids is 1. The molecule has 0 radical (unpaired) electrons. The average Bonchev–Trinajstić information content (AvgIpc) is 2.65. The van der Waals surface area contributed by atoms with Gasteiger partial charge in [-0.25, -0.2) is 4.79 Å². The van der Waals surface area contributed by atoms with E-state index in [0.29, 0.717) is 0 Å². The van der Waals surface area contributed by atoms with Crippen LogP contribution in [0.1, 0.15) is 12.5 Å². The summed E-state index contributed by atoms with van der Waals surface area (Å²) in [6.07, 6.45) is 3.15. The second kappa shape index (κ2) is 4.56. The molecule has 1 aromatic heterocycles. The van der Waals surface area contributed by atoms with Crippen molar-refractivity contribution in [3.05, 3.63) is 36.0 Å². The second-order valence-electron chi connectivity index (χ2n) is 4.20. The molecule has 0 saturated carbocycles. The lowest BCUT2D eigenvalue weighted by molar-refractivity contribution is -0.131. The third kappa shape index (κ3) is 2.09. The molecule has 0 unspecified atom stereocenters. The molecule has 2 aromatic rings. The maximum Gasteiger partial charge on any atom is 0.328 e. The van der Waals surface area contributed by atoms with Gasteiger partial charge in [0, 0.05) is 36.3 Å². The van der Waals surface area contributed by atoms with E-state index < -0.39 is 5.97 Å². The summed E-state index contributed by atoms with van der Waals surface area (Å²) >= 11 is 0. The highest BCUT2D eigenvalue weighted by Gasteiger charge is 2.09. The summed E-state index contributed by atoms with van der Waals surface area (Å²) in [5.74, 6) is -0.145. The van der Waals surface area contributed by atoms with Gasteiger partial charge < -0.3 is 14.4 Å². The van der Waals surface area contributed by atoms with Crippen molar-refractivity contribution >= 4 is 22.4 Å². The van der Waals surface area contributed by atoms with Gasteiger partial charge in [0.1, 0.15) is 5.75 Å². The molecule has 0 saturated heterocycles. The number of aryl methyl sites for hydroxylation is 1. The number of carboxylic acid groups (broad SMARTS) is 1. The quantitative estimate of drug-likeness (QED) is 0.846. The molecule has 0 aliphatic rings. The first-order valence-corrected chi connectivity index (χ1v) is 5.57. The second-order valence-corrected chi connectivity index (χ2v) is 4.20. The summed E-state index contributed by atoms with van der Waals surface area (Å²) in [5.41, 5.74) is 2.68. The van der Waals surface area contributed by atoms with Gasteiger partial charge in [-0.05, 0) is 24.6 Å². The Labute approximate surface area is 105 Å². The Hall–Kier alpha value is -2.23. The lowest BCUT2D eigenvalue weighted by Crippen LogP contribution is -1.89. The molecule has 0 amide bonds. The molecule has 0 aliphatic carbocycles. The van der Waals surface area contributed by atoms with E-state index in [2.05, 4.69) is 0 Å². The van der Waals surface area contributed by atoms with Crippen LogP contribution in [0.3, 0.4) is 0 Å². The molecule has 0 fully saturated rings. The van der Waals surface area contributed by atoms with Crippen molar-refractivity contribution in [2.45, 2.75) is 6.92 Å². The molecular formula is C14H15NO3. The number of rotatable bonds is 3. The maximum atomic E-state index is 10.7. The number of allylic oxidation sites excluding steroid dienone is 1. The summed E-state index contributed by atoms with van der Waals surface area (Å²) in [6, 6.07) is 5.76. The number of hydrogen-bond acceptors (Lipinski definition) is 2. The summed E-state index contributed by atoms with van der Waals surface area (Å²) < 4.78 is 7.15. The number of methoxy groups -OCH3 is 1. The Morgan fingerprint density at radius 3 is 2.78 bits per heavy atom. The number of carbonyl (C=O) groups is 1. The van der Waals surface area contributed by atoms with Gasteiger partial charge in [0.2, 0.25) is 0 Å². The lowest BCUT2D eigenvalue weighted by atomic mass is 10.1. The zero-order chi connectivity index (χ0) is 13.3. The normalized spacial score (nSPS) is 11.8. The fourth-order valence-electron chi connectivity index (χ4n) is 2.07. The van der Waals surface area contributed by atoms with Crippen LogP contribution >= 0.6 is 0 Å². The van der Waals surface area contributed by atoms with E-state index in [1.165, 1.54) is 6.08 Å². The number of benzene rings is 1. The predicted octanol–water partition coefficient (Wildman–Crippen LogP) is 2.67. The first-order valence-electron chi connectivity index (χ1n) is 5.57. The van der Waals surface area contributed by atoms with Gasteiger partial charge in [-0.2, -0.15) is 0 Å². The molecule has 4 nitrogen and oxygen atoms in total. The van der Waals surface area contributed by atoms with Crippen molar-refractivity contribution in [3.8, 4) is 5.75 Å². The first-order chi connectivity index (χ1) is 8.52. The van der Waals surface area contributed by atoms with Crippen LogP contribution in [0.2, 0.25) is 0 Å². The average molecular weight is 245 g/mol. The minimum atomic E-state index is -0.932. The standard InChI is InChI=1S/C14H15NO3/c1-9(6-14(16)17)12-8-15(2)13-7-10(18-3)4-5-11(12)13/h4-8H,1-3H3,(H,16,17)/b9-6+. The van der Waals surface area contributed by atoms with Crippen LogP contribution in [0.4, 0.5) is 0 Å². The van der Waals surface area contributed by atoms with E-state index in [-0.39, 0.29) is 0 Å². The van der Waals surface area contributed by atoms with Crippen molar-refractivity contribution in [1.82, 2.24) is 4.57 Å². The fraction of sp³-hybridized carbons (Fsp3) is 0.214. The monoisotopic (exact) mass is 245 g/mol. The maximum absolute atomic E-state index is 10.7. The van der Waals surface area contributed by atoms with Crippen molar-refractivity contribution < 1.29 is 14.6 Å². The molecular weight excluding hydrogens is 230 g/mol. The summed E-state index contributed by atoms with van der Waals surface area (Å²) in [4.78, 5) is 10.7. The SMILES string of the molecule is COc1ccc2c(/C(C)=C/C(=O)O)cn(C)c2c1. The Bertz CT molecular complexity index is 638. The molecule has 0 bridgehead atoms. The minimum Gasteiger partial charge on any atom is -0.497 e. The highest BCUT2D eigenvalue weighted by molar-refractivity contribution is 5.98. The van der Waals surface area contributed by atoms with E-state index in [0.717, 1.165) is 27.8 Å². The Kier molecular flexibility index (Phi) is 3.10. The van der Waals surface area contributed by atoms with Crippen molar-refractivity contribution in [2.24, 2.45) is 7.05 Å². The fourth-order valence-corrected chi connectivity index (χ4v) is 2.07. The summed E-state index contributed by atoms with van der Waals surface area (Å²) in [5, 5.41) is 9.82. The first kappa shape index (κ1) is 12.2. The van der Waals surface area contributed by atoms with Crippen molar-refractivity contribution in [3.63, 3.8) is 0 Å². The van der Waals surface area contributed by atoms with E-state index in [1.807, 2.05) is 36.0 Å². The molecule has 1 N–H and O–H groups in total. The smallest absolute Gasteiger partial charge is 0.328 e. The number of ether oxygens (including phenoxy) is 1.